The van der Waals surface area contributed by atoms with Gasteiger partial charge in [-0.1, -0.05) is 0 Å². The van der Waals surface area contributed by atoms with Crippen LogP contribution >= 0.6 is 0 Å². The number of nitrogens with zero attached hydrogens (tertiary/aromatic N) is 3. The Morgan fingerprint density at radius 1 is 1.50 bits per heavy atom. The molecule has 0 saturated carbocycles. The number of aromatic carboxylic acids is 1. The van der Waals surface area contributed by atoms with Gasteiger partial charge in [0, 0.05) is 20.0 Å². The van der Waals surface area contributed by atoms with Gasteiger partial charge in [0.1, 0.15) is 11.5 Å². The van der Waals surface area contributed by atoms with E-state index in [1.807, 2.05) is 6.92 Å². The van der Waals surface area contributed by atoms with E-state index in [1.54, 1.807) is 9.47 Å². The fraction of sp³-hybridized carbons (Fsp3) is 0.500. The molecule has 0 saturated heterocycles. The summed E-state index contributed by atoms with van der Waals surface area (Å²) >= 11 is 0. The van der Waals surface area contributed by atoms with E-state index in [4.69, 9.17) is 5.11 Å². The summed E-state index contributed by atoms with van der Waals surface area (Å²) in [4.78, 5) is 28.0. The second kappa shape index (κ2) is 3.62. The summed E-state index contributed by atoms with van der Waals surface area (Å²) in [5, 5.41) is 8.95. The molecule has 1 unspecified atom stereocenters. The van der Waals surface area contributed by atoms with Gasteiger partial charge in [0.15, 0.2) is 0 Å². The molecular weight excluding hydrogens is 210 g/mol. The van der Waals surface area contributed by atoms with E-state index in [1.165, 1.54) is 13.1 Å². The van der Waals surface area contributed by atoms with Crippen molar-refractivity contribution in [1.82, 2.24) is 14.5 Å². The lowest BCUT2D eigenvalue weighted by atomic mass is 10.2. The number of rotatable bonds is 1. The molecule has 1 aromatic heterocycles. The molecule has 1 aliphatic heterocycles. The number of imidazole rings is 1. The minimum absolute atomic E-state index is 0.0152. The normalized spacial score (nSPS) is 19.4. The standard InChI is InChI=1S/C10H13N3O3/c1-6-9-11-5-8(10(15)16)13(9)4-3-12(6)7(2)14/h5-6H,3-4H2,1-2H3,(H,15,16). The van der Waals surface area contributed by atoms with Gasteiger partial charge in [-0.2, -0.15) is 0 Å². The molecule has 0 fully saturated rings. The summed E-state index contributed by atoms with van der Waals surface area (Å²) < 4.78 is 1.66. The molecule has 0 spiro atoms. The van der Waals surface area contributed by atoms with Crippen molar-refractivity contribution in [2.24, 2.45) is 0 Å². The van der Waals surface area contributed by atoms with Gasteiger partial charge in [-0.05, 0) is 6.92 Å². The Kier molecular flexibility index (Phi) is 2.41. The van der Waals surface area contributed by atoms with Gasteiger partial charge < -0.3 is 14.6 Å². The van der Waals surface area contributed by atoms with Crippen LogP contribution in [0.2, 0.25) is 0 Å². The third-order valence-corrected chi connectivity index (χ3v) is 2.92. The summed E-state index contributed by atoms with van der Waals surface area (Å²) in [5.41, 5.74) is 0.185. The Morgan fingerprint density at radius 2 is 2.19 bits per heavy atom. The molecule has 2 heterocycles. The van der Waals surface area contributed by atoms with E-state index in [0.717, 1.165) is 0 Å². The molecule has 0 bridgehead atoms. The Hall–Kier alpha value is -1.85. The summed E-state index contributed by atoms with van der Waals surface area (Å²) in [6, 6.07) is -0.167. The second-order valence-corrected chi connectivity index (χ2v) is 3.85. The molecule has 1 N–H and O–H groups in total. The lowest BCUT2D eigenvalue weighted by Crippen LogP contribution is -2.40. The summed E-state index contributed by atoms with van der Waals surface area (Å²) in [5.74, 6) is -0.361. The fourth-order valence-corrected chi connectivity index (χ4v) is 2.10. The van der Waals surface area contributed by atoms with Crippen molar-refractivity contribution >= 4 is 11.9 Å². The highest BCUT2D eigenvalue weighted by Gasteiger charge is 2.29. The Bertz CT molecular complexity index is 452. The summed E-state index contributed by atoms with van der Waals surface area (Å²) in [6.07, 6.45) is 1.35. The van der Waals surface area contributed by atoms with Crippen LogP contribution in [0.5, 0.6) is 0 Å². The molecule has 6 heteroatoms. The highest BCUT2D eigenvalue weighted by atomic mass is 16.4. The van der Waals surface area contributed by atoms with Crippen LogP contribution in [0.15, 0.2) is 6.20 Å². The minimum Gasteiger partial charge on any atom is -0.477 e. The number of carbonyl (C=O) groups excluding carboxylic acids is 1. The third-order valence-electron chi connectivity index (χ3n) is 2.92. The number of fused-ring (bicyclic) bond motifs is 1. The first kappa shape index (κ1) is 10.7. The molecule has 86 valence electrons. The molecule has 1 aliphatic rings. The first-order chi connectivity index (χ1) is 7.52. The van der Waals surface area contributed by atoms with Crippen LogP contribution in [-0.2, 0) is 11.3 Å². The average Bonchev–Trinajstić information content (AvgIpc) is 2.61. The molecule has 1 atom stereocenters. The van der Waals surface area contributed by atoms with Crippen LogP contribution < -0.4 is 0 Å². The van der Waals surface area contributed by atoms with Gasteiger partial charge in [-0.15, -0.1) is 0 Å². The maximum atomic E-state index is 11.3. The van der Waals surface area contributed by atoms with Crippen molar-refractivity contribution in [3.05, 3.63) is 17.7 Å². The SMILES string of the molecule is CC(=O)N1CCn2c(C(=O)O)cnc2C1C. The zero-order valence-corrected chi connectivity index (χ0v) is 9.17. The molecule has 2 rings (SSSR count). The van der Waals surface area contributed by atoms with E-state index in [-0.39, 0.29) is 17.6 Å². The molecule has 1 amide bonds. The van der Waals surface area contributed by atoms with Crippen LogP contribution in [0.25, 0.3) is 0 Å². The van der Waals surface area contributed by atoms with Crippen molar-refractivity contribution in [2.45, 2.75) is 26.4 Å². The highest BCUT2D eigenvalue weighted by molar-refractivity contribution is 5.85. The molecule has 0 radical (unpaired) electrons. The first-order valence-electron chi connectivity index (χ1n) is 5.08. The monoisotopic (exact) mass is 223 g/mol. The van der Waals surface area contributed by atoms with Crippen molar-refractivity contribution in [3.63, 3.8) is 0 Å². The molecule has 16 heavy (non-hydrogen) atoms. The van der Waals surface area contributed by atoms with Gasteiger partial charge in [0.2, 0.25) is 5.91 Å². The van der Waals surface area contributed by atoms with Crippen LogP contribution in [0.1, 0.15) is 36.2 Å². The van der Waals surface area contributed by atoms with Crippen molar-refractivity contribution in [1.29, 1.82) is 0 Å². The Balaban J connectivity index is 2.40. The number of carbonyl (C=O) groups is 2. The van der Waals surface area contributed by atoms with E-state index in [2.05, 4.69) is 4.98 Å². The number of amides is 1. The quantitative estimate of drug-likeness (QED) is 0.752. The zero-order valence-electron chi connectivity index (χ0n) is 9.17. The second-order valence-electron chi connectivity index (χ2n) is 3.85. The Labute approximate surface area is 92.5 Å². The first-order valence-corrected chi connectivity index (χ1v) is 5.08. The predicted molar refractivity (Wildman–Crippen MR) is 55.0 cm³/mol. The maximum Gasteiger partial charge on any atom is 0.354 e. The lowest BCUT2D eigenvalue weighted by molar-refractivity contribution is -0.132. The number of hydrogen-bond acceptors (Lipinski definition) is 3. The summed E-state index contributed by atoms with van der Waals surface area (Å²) in [7, 11) is 0. The topological polar surface area (TPSA) is 75.4 Å². The fourth-order valence-electron chi connectivity index (χ4n) is 2.10. The van der Waals surface area contributed by atoms with Gasteiger partial charge in [0.05, 0.1) is 12.2 Å². The van der Waals surface area contributed by atoms with Crippen LogP contribution in [0.3, 0.4) is 0 Å². The van der Waals surface area contributed by atoms with Crippen molar-refractivity contribution in [3.8, 4) is 0 Å². The van der Waals surface area contributed by atoms with Gasteiger partial charge in [-0.25, -0.2) is 9.78 Å². The minimum atomic E-state index is -0.984. The van der Waals surface area contributed by atoms with E-state index >= 15 is 0 Å². The largest absolute Gasteiger partial charge is 0.477 e. The van der Waals surface area contributed by atoms with Crippen molar-refractivity contribution < 1.29 is 14.7 Å². The van der Waals surface area contributed by atoms with Crippen LogP contribution in [0.4, 0.5) is 0 Å². The highest BCUT2D eigenvalue weighted by Crippen LogP contribution is 2.25. The van der Waals surface area contributed by atoms with E-state index in [9.17, 15) is 9.59 Å². The van der Waals surface area contributed by atoms with Crippen molar-refractivity contribution in [2.75, 3.05) is 6.54 Å². The molecular formula is C10H13N3O3. The molecule has 0 aromatic carbocycles. The average molecular weight is 223 g/mol. The van der Waals surface area contributed by atoms with Gasteiger partial charge in [0.25, 0.3) is 0 Å². The Morgan fingerprint density at radius 3 is 2.75 bits per heavy atom. The number of hydrogen-bond donors (Lipinski definition) is 1. The van der Waals surface area contributed by atoms with Crippen LogP contribution in [-0.4, -0.2) is 38.0 Å². The summed E-state index contributed by atoms with van der Waals surface area (Å²) in [6.45, 7) is 4.37. The molecule has 1 aromatic rings. The van der Waals surface area contributed by atoms with Gasteiger partial charge >= 0.3 is 5.97 Å². The van der Waals surface area contributed by atoms with Crippen LogP contribution in [0, 0.1) is 0 Å². The van der Waals surface area contributed by atoms with E-state index in [0.29, 0.717) is 18.9 Å². The maximum absolute atomic E-state index is 11.3. The van der Waals surface area contributed by atoms with E-state index < -0.39 is 5.97 Å². The van der Waals surface area contributed by atoms with Gasteiger partial charge in [-0.3, -0.25) is 4.79 Å². The number of carboxylic acid groups (broad SMARTS) is 1. The molecule has 0 aliphatic carbocycles. The molecule has 6 nitrogen and oxygen atoms in total. The smallest absolute Gasteiger partial charge is 0.354 e. The third kappa shape index (κ3) is 1.46. The zero-order chi connectivity index (χ0) is 11.9. The predicted octanol–water partition coefficient (Wildman–Crippen LogP) is 0.504. The number of aromatic nitrogens is 2. The number of carboxylic acids is 1. The lowest BCUT2D eigenvalue weighted by Gasteiger charge is -2.33.